The Morgan fingerprint density at radius 1 is 1.19 bits per heavy atom. The number of nitrogens with zero attached hydrogens (tertiary/aromatic N) is 2. The van der Waals surface area contributed by atoms with Crippen molar-refractivity contribution < 1.29 is 13.6 Å². The number of anilines is 1. The predicted octanol–water partition coefficient (Wildman–Crippen LogP) is 4.60. The van der Waals surface area contributed by atoms with Crippen LogP contribution in [-0.2, 0) is 30.7 Å². The molecule has 4 rings (SSSR count). The molecule has 5 nitrogen and oxygen atoms in total. The Kier molecular flexibility index (Phi) is 6.86. The number of fused-ring (bicyclic) bond motifs is 1. The Balaban J connectivity index is 1.45. The number of amides is 1. The molecule has 1 aliphatic heterocycles. The van der Waals surface area contributed by atoms with Gasteiger partial charge in [-0.15, -0.1) is 11.3 Å². The molecule has 1 amide bonds. The van der Waals surface area contributed by atoms with Crippen LogP contribution in [0.4, 0.5) is 13.8 Å². The Bertz CT molecular complexity index is 1170. The molecule has 1 aromatic heterocycles. The van der Waals surface area contributed by atoms with Crippen molar-refractivity contribution >= 4 is 34.2 Å². The summed E-state index contributed by atoms with van der Waals surface area (Å²) in [5.41, 5.74) is 2.87. The minimum Gasteiger partial charge on any atom is -0.316 e. The van der Waals surface area contributed by atoms with E-state index in [1.807, 2.05) is 24.3 Å². The van der Waals surface area contributed by atoms with Gasteiger partial charge < -0.3 is 5.32 Å². The highest BCUT2D eigenvalue weighted by atomic mass is 32.2. The molecule has 0 radical (unpaired) electrons. The number of carbonyl (C=O) groups is 1. The molecule has 0 unspecified atom stereocenters. The van der Waals surface area contributed by atoms with Crippen LogP contribution in [0.1, 0.15) is 27.1 Å². The second-order valence-corrected chi connectivity index (χ2v) is 9.36. The fraction of sp³-hybridized carbons (Fsp3) is 0.217. The molecule has 3 N–H and O–H groups in total. The van der Waals surface area contributed by atoms with Crippen LogP contribution in [0.25, 0.3) is 0 Å². The number of hydrogen-bond acceptors (Lipinski definition) is 6. The smallest absolute Gasteiger partial charge is 0.229 e. The van der Waals surface area contributed by atoms with Crippen LogP contribution in [0.5, 0.6) is 0 Å². The Morgan fingerprint density at radius 2 is 1.91 bits per heavy atom. The maximum atomic E-state index is 13.5. The van der Waals surface area contributed by atoms with Crippen molar-refractivity contribution in [3.63, 3.8) is 0 Å². The van der Waals surface area contributed by atoms with Gasteiger partial charge in [-0.1, -0.05) is 12.1 Å². The lowest BCUT2D eigenvalue weighted by molar-refractivity contribution is -0.115. The molecule has 0 aliphatic carbocycles. The number of rotatable bonds is 6. The van der Waals surface area contributed by atoms with E-state index in [0.29, 0.717) is 42.2 Å². The number of thiophene rings is 1. The molecule has 0 bridgehead atoms. The summed E-state index contributed by atoms with van der Waals surface area (Å²) in [6.07, 6.45) is 0.834. The molecule has 9 heteroatoms. The quantitative estimate of drug-likeness (QED) is 0.515. The van der Waals surface area contributed by atoms with Gasteiger partial charge in [0.05, 0.1) is 12.0 Å². The largest absolute Gasteiger partial charge is 0.316 e. The van der Waals surface area contributed by atoms with Gasteiger partial charge in [0.2, 0.25) is 5.91 Å². The van der Waals surface area contributed by atoms with Crippen LogP contribution in [0, 0.1) is 23.0 Å². The van der Waals surface area contributed by atoms with Crippen molar-refractivity contribution in [2.75, 3.05) is 11.9 Å². The second kappa shape index (κ2) is 9.79. The van der Waals surface area contributed by atoms with E-state index in [1.165, 1.54) is 23.5 Å². The molecule has 2 aromatic carbocycles. The fourth-order valence-corrected chi connectivity index (χ4v) is 5.35. The fourth-order valence-electron chi connectivity index (χ4n) is 3.80. The van der Waals surface area contributed by atoms with Crippen molar-refractivity contribution in [3.8, 4) is 6.07 Å². The molecule has 164 valence electrons. The summed E-state index contributed by atoms with van der Waals surface area (Å²) in [4.78, 5) is 16.5. The standard InChI is InChI=1S/C23H20F2N4OS2/c24-16-7-15(8-17(25)10-16)12-29-6-5-19-20(11-26)23(31-21(19)13-29)28-22(30)9-14-1-3-18(32-27)4-2-14/h1-4,7-8,10H,5-6,9,12-13,27H2,(H,28,30). The first-order chi connectivity index (χ1) is 15.4. The maximum absolute atomic E-state index is 13.5. The van der Waals surface area contributed by atoms with E-state index in [-0.39, 0.29) is 12.3 Å². The molecular weight excluding hydrogens is 450 g/mol. The lowest BCUT2D eigenvalue weighted by Crippen LogP contribution is -2.29. The topological polar surface area (TPSA) is 82.1 Å². The number of nitriles is 1. The molecule has 0 spiro atoms. The SMILES string of the molecule is N#Cc1c(NC(=O)Cc2ccc(SN)cc2)sc2c1CCN(Cc1cc(F)cc(F)c1)C2. The van der Waals surface area contributed by atoms with Crippen LogP contribution >= 0.6 is 23.3 Å². The molecule has 32 heavy (non-hydrogen) atoms. The van der Waals surface area contributed by atoms with E-state index >= 15 is 0 Å². The van der Waals surface area contributed by atoms with E-state index in [2.05, 4.69) is 16.3 Å². The van der Waals surface area contributed by atoms with E-state index < -0.39 is 11.6 Å². The van der Waals surface area contributed by atoms with Gasteiger partial charge in [-0.25, -0.2) is 8.78 Å². The maximum Gasteiger partial charge on any atom is 0.229 e. The first kappa shape index (κ1) is 22.4. The van der Waals surface area contributed by atoms with E-state index in [9.17, 15) is 18.8 Å². The van der Waals surface area contributed by atoms with Gasteiger partial charge in [-0.2, -0.15) is 5.26 Å². The highest BCUT2D eigenvalue weighted by Gasteiger charge is 2.25. The number of hydrogen-bond donors (Lipinski definition) is 2. The van der Waals surface area contributed by atoms with Crippen LogP contribution in [0.15, 0.2) is 47.4 Å². The predicted molar refractivity (Wildman–Crippen MR) is 122 cm³/mol. The van der Waals surface area contributed by atoms with Crippen LogP contribution in [0.3, 0.4) is 0 Å². The van der Waals surface area contributed by atoms with Gasteiger partial charge in [-0.3, -0.25) is 14.8 Å². The van der Waals surface area contributed by atoms with Gasteiger partial charge in [0.1, 0.15) is 22.7 Å². The summed E-state index contributed by atoms with van der Waals surface area (Å²) in [5, 5.41) is 18.6. The highest BCUT2D eigenvalue weighted by molar-refractivity contribution is 7.97. The molecular formula is C23H20F2N4OS2. The number of nitrogens with one attached hydrogen (secondary N) is 1. The molecule has 0 saturated heterocycles. The normalized spacial score (nSPS) is 13.4. The average molecular weight is 471 g/mol. The number of halogens is 2. The summed E-state index contributed by atoms with van der Waals surface area (Å²) in [6.45, 7) is 1.63. The molecule has 2 heterocycles. The third kappa shape index (κ3) is 5.16. The molecule has 1 aliphatic rings. The highest BCUT2D eigenvalue weighted by Crippen LogP contribution is 2.37. The van der Waals surface area contributed by atoms with Gasteiger partial charge in [0.15, 0.2) is 0 Å². The first-order valence-electron chi connectivity index (χ1n) is 9.92. The Morgan fingerprint density at radius 3 is 2.56 bits per heavy atom. The number of benzene rings is 2. The van der Waals surface area contributed by atoms with Crippen LogP contribution < -0.4 is 10.5 Å². The van der Waals surface area contributed by atoms with Crippen molar-refractivity contribution in [1.82, 2.24) is 4.90 Å². The Labute approximate surface area is 193 Å². The molecule has 0 atom stereocenters. The zero-order chi connectivity index (χ0) is 22.7. The zero-order valence-corrected chi connectivity index (χ0v) is 18.7. The number of nitrogens with two attached hydrogens (primary N) is 1. The van der Waals surface area contributed by atoms with Crippen molar-refractivity contribution in [2.45, 2.75) is 30.8 Å². The molecule has 0 fully saturated rings. The van der Waals surface area contributed by atoms with Crippen molar-refractivity contribution in [2.24, 2.45) is 5.14 Å². The second-order valence-electron chi connectivity index (χ2n) is 7.54. The minimum atomic E-state index is -0.595. The van der Waals surface area contributed by atoms with Crippen LogP contribution in [0.2, 0.25) is 0 Å². The summed E-state index contributed by atoms with van der Waals surface area (Å²) in [5.74, 6) is -1.38. The zero-order valence-electron chi connectivity index (χ0n) is 17.0. The van der Waals surface area contributed by atoms with E-state index in [4.69, 9.17) is 5.14 Å². The lowest BCUT2D eigenvalue weighted by Gasteiger charge is -2.26. The van der Waals surface area contributed by atoms with Gasteiger partial charge in [0.25, 0.3) is 0 Å². The summed E-state index contributed by atoms with van der Waals surface area (Å²) < 4.78 is 27.0. The molecule has 0 saturated carbocycles. The average Bonchev–Trinajstić information content (AvgIpc) is 3.09. The van der Waals surface area contributed by atoms with Gasteiger partial charge in [-0.05, 0) is 59.3 Å². The monoisotopic (exact) mass is 470 g/mol. The van der Waals surface area contributed by atoms with Crippen molar-refractivity contribution in [3.05, 3.63) is 81.2 Å². The third-order valence-corrected chi connectivity index (χ3v) is 6.93. The van der Waals surface area contributed by atoms with E-state index in [0.717, 1.165) is 38.9 Å². The van der Waals surface area contributed by atoms with Crippen LogP contribution in [-0.4, -0.2) is 17.4 Å². The number of carbonyl (C=O) groups excluding carboxylic acids is 1. The van der Waals surface area contributed by atoms with Gasteiger partial charge >= 0.3 is 0 Å². The van der Waals surface area contributed by atoms with Crippen molar-refractivity contribution in [1.29, 1.82) is 5.26 Å². The Hall–Kier alpha value is -2.77. The molecule has 3 aromatic rings. The van der Waals surface area contributed by atoms with Gasteiger partial charge in [0, 0.05) is 35.5 Å². The summed E-state index contributed by atoms with van der Waals surface area (Å²) >= 11 is 2.53. The lowest BCUT2D eigenvalue weighted by atomic mass is 10.0. The summed E-state index contributed by atoms with van der Waals surface area (Å²) in [6, 6.07) is 13.2. The van der Waals surface area contributed by atoms with E-state index in [1.54, 1.807) is 0 Å². The third-order valence-electron chi connectivity index (χ3n) is 5.25. The minimum absolute atomic E-state index is 0.194. The first-order valence-corrected chi connectivity index (χ1v) is 11.6. The summed E-state index contributed by atoms with van der Waals surface area (Å²) in [7, 11) is 0.